The highest BCUT2D eigenvalue weighted by Gasteiger charge is 2.27. The van der Waals surface area contributed by atoms with Crippen molar-refractivity contribution in [2.45, 2.75) is 38.6 Å². The Bertz CT molecular complexity index is 286. The molecule has 84 valence electrons. The van der Waals surface area contributed by atoms with Gasteiger partial charge in [0.1, 0.15) is 0 Å². The fourth-order valence-electron chi connectivity index (χ4n) is 2.62. The lowest BCUT2D eigenvalue weighted by Gasteiger charge is -2.32. The maximum Gasteiger partial charge on any atom is 0.0795 e. The predicted molar refractivity (Wildman–Crippen MR) is 63.3 cm³/mol. The van der Waals surface area contributed by atoms with E-state index in [9.17, 15) is 0 Å². The third kappa shape index (κ3) is 2.56. The largest absolute Gasteiger partial charge is 0.271 e. The highest BCUT2D eigenvalue weighted by atomic mass is 32.1. The topological polar surface area (TPSA) is 50.9 Å². The third-order valence-electron chi connectivity index (χ3n) is 3.40. The van der Waals surface area contributed by atoms with Crippen LogP contribution in [-0.2, 0) is 0 Å². The van der Waals surface area contributed by atoms with Gasteiger partial charge in [0.05, 0.1) is 17.2 Å². The molecule has 1 saturated carbocycles. The third-order valence-corrected chi connectivity index (χ3v) is 4.00. The second-order valence-electron chi connectivity index (χ2n) is 4.59. The van der Waals surface area contributed by atoms with E-state index in [1.54, 1.807) is 11.3 Å². The molecule has 1 heterocycles. The first kappa shape index (κ1) is 11.0. The molecule has 15 heavy (non-hydrogen) atoms. The van der Waals surface area contributed by atoms with Crippen molar-refractivity contribution < 1.29 is 0 Å². The summed E-state index contributed by atoms with van der Waals surface area (Å²) in [6.45, 7) is 2.33. The lowest BCUT2D eigenvalue weighted by Crippen LogP contribution is -2.35. The van der Waals surface area contributed by atoms with Crippen LogP contribution < -0.4 is 11.3 Å². The molecule has 0 bridgehead atoms. The molecule has 1 fully saturated rings. The van der Waals surface area contributed by atoms with Gasteiger partial charge in [-0.25, -0.2) is 4.98 Å². The summed E-state index contributed by atoms with van der Waals surface area (Å²) in [5.74, 6) is 7.14. The second kappa shape index (κ2) is 5.05. The van der Waals surface area contributed by atoms with Gasteiger partial charge < -0.3 is 0 Å². The number of thiazole rings is 1. The summed E-state index contributed by atoms with van der Waals surface area (Å²) in [6, 6.07) is 0.249. The quantitative estimate of drug-likeness (QED) is 0.614. The summed E-state index contributed by atoms with van der Waals surface area (Å²) in [7, 11) is 0. The lowest BCUT2D eigenvalue weighted by molar-refractivity contribution is 0.222. The monoisotopic (exact) mass is 225 g/mol. The minimum absolute atomic E-state index is 0.249. The van der Waals surface area contributed by atoms with E-state index in [0.29, 0.717) is 5.92 Å². The number of hydrogen-bond acceptors (Lipinski definition) is 4. The van der Waals surface area contributed by atoms with Crippen molar-refractivity contribution in [2.24, 2.45) is 17.7 Å². The van der Waals surface area contributed by atoms with Crippen molar-refractivity contribution in [2.75, 3.05) is 0 Å². The normalized spacial score (nSPS) is 28.9. The first-order valence-electron chi connectivity index (χ1n) is 5.65. The number of hydrazine groups is 1. The molecule has 0 saturated heterocycles. The van der Waals surface area contributed by atoms with E-state index in [1.165, 1.54) is 25.7 Å². The van der Waals surface area contributed by atoms with E-state index in [2.05, 4.69) is 22.7 Å². The van der Waals surface area contributed by atoms with Crippen LogP contribution >= 0.6 is 11.3 Å². The van der Waals surface area contributed by atoms with Gasteiger partial charge in [-0.3, -0.25) is 11.3 Å². The van der Waals surface area contributed by atoms with Crippen LogP contribution in [0.25, 0.3) is 0 Å². The molecule has 3 atom stereocenters. The van der Waals surface area contributed by atoms with Gasteiger partial charge >= 0.3 is 0 Å². The smallest absolute Gasteiger partial charge is 0.0795 e. The number of rotatable bonds is 3. The Balaban J connectivity index is 2.06. The summed E-state index contributed by atoms with van der Waals surface area (Å²) in [4.78, 5) is 4.36. The van der Waals surface area contributed by atoms with Crippen LogP contribution in [0.5, 0.6) is 0 Å². The highest BCUT2D eigenvalue weighted by Crippen LogP contribution is 2.36. The standard InChI is InChI=1S/C11H19N3S/c1-8-3-2-4-9(5-8)11(14-12)10-6-15-7-13-10/h6-9,11,14H,2-5,12H2,1H3. The van der Waals surface area contributed by atoms with E-state index in [4.69, 9.17) is 5.84 Å². The molecule has 0 spiro atoms. The molecule has 3 N–H and O–H groups in total. The lowest BCUT2D eigenvalue weighted by atomic mass is 9.78. The fourth-order valence-corrected chi connectivity index (χ4v) is 3.21. The van der Waals surface area contributed by atoms with Crippen LogP contribution in [0.4, 0.5) is 0 Å². The fraction of sp³-hybridized carbons (Fsp3) is 0.727. The number of nitrogens with one attached hydrogen (secondary N) is 1. The van der Waals surface area contributed by atoms with Crippen molar-refractivity contribution >= 4 is 11.3 Å². The van der Waals surface area contributed by atoms with Gasteiger partial charge in [-0.15, -0.1) is 11.3 Å². The molecule has 0 radical (unpaired) electrons. The molecule has 2 rings (SSSR count). The van der Waals surface area contributed by atoms with E-state index in [-0.39, 0.29) is 6.04 Å². The van der Waals surface area contributed by atoms with Gasteiger partial charge in [0, 0.05) is 5.38 Å². The van der Waals surface area contributed by atoms with Gasteiger partial charge in [-0.1, -0.05) is 19.8 Å². The Morgan fingerprint density at radius 1 is 1.60 bits per heavy atom. The average Bonchev–Trinajstić information content (AvgIpc) is 2.72. The molecular formula is C11H19N3S. The van der Waals surface area contributed by atoms with E-state index in [1.807, 2.05) is 5.51 Å². The van der Waals surface area contributed by atoms with E-state index in [0.717, 1.165) is 11.6 Å². The summed E-state index contributed by atoms with van der Waals surface area (Å²) >= 11 is 1.64. The van der Waals surface area contributed by atoms with Crippen LogP contribution in [0.15, 0.2) is 10.9 Å². The minimum Gasteiger partial charge on any atom is -0.271 e. The van der Waals surface area contributed by atoms with Crippen molar-refractivity contribution in [3.05, 3.63) is 16.6 Å². The first-order chi connectivity index (χ1) is 7.31. The SMILES string of the molecule is CC1CCCC(C(NN)c2cscn2)C1. The molecule has 4 heteroatoms. The summed E-state index contributed by atoms with van der Waals surface area (Å²) < 4.78 is 0. The van der Waals surface area contributed by atoms with Gasteiger partial charge in [0.15, 0.2) is 0 Å². The van der Waals surface area contributed by atoms with E-state index < -0.39 is 0 Å². The van der Waals surface area contributed by atoms with Gasteiger partial charge in [-0.05, 0) is 24.7 Å². The average molecular weight is 225 g/mol. The zero-order valence-corrected chi connectivity index (χ0v) is 9.96. The van der Waals surface area contributed by atoms with Crippen molar-refractivity contribution in [3.63, 3.8) is 0 Å². The van der Waals surface area contributed by atoms with Crippen LogP contribution in [0, 0.1) is 11.8 Å². The molecular weight excluding hydrogens is 206 g/mol. The Morgan fingerprint density at radius 3 is 3.07 bits per heavy atom. The summed E-state index contributed by atoms with van der Waals surface area (Å²) in [5, 5.41) is 2.10. The van der Waals surface area contributed by atoms with Crippen LogP contribution in [0.3, 0.4) is 0 Å². The molecule has 1 aromatic heterocycles. The minimum atomic E-state index is 0.249. The van der Waals surface area contributed by atoms with Crippen molar-refractivity contribution in [1.29, 1.82) is 0 Å². The molecule has 1 aliphatic rings. The Hall–Kier alpha value is -0.450. The van der Waals surface area contributed by atoms with Gasteiger partial charge in [0.2, 0.25) is 0 Å². The van der Waals surface area contributed by atoms with Crippen LogP contribution in [0.1, 0.15) is 44.3 Å². The summed E-state index contributed by atoms with van der Waals surface area (Å²) in [5.41, 5.74) is 5.93. The molecule has 0 aromatic carbocycles. The number of nitrogens with zero attached hydrogens (tertiary/aromatic N) is 1. The highest BCUT2D eigenvalue weighted by molar-refractivity contribution is 7.07. The maximum atomic E-state index is 5.65. The molecule has 3 nitrogen and oxygen atoms in total. The molecule has 3 unspecified atom stereocenters. The predicted octanol–water partition coefficient (Wildman–Crippen LogP) is 2.47. The second-order valence-corrected chi connectivity index (χ2v) is 5.31. The Kier molecular flexibility index (Phi) is 3.72. The maximum absolute atomic E-state index is 5.65. The van der Waals surface area contributed by atoms with Gasteiger partial charge in [-0.2, -0.15) is 0 Å². The van der Waals surface area contributed by atoms with Crippen LogP contribution in [-0.4, -0.2) is 4.98 Å². The van der Waals surface area contributed by atoms with Crippen molar-refractivity contribution in [1.82, 2.24) is 10.4 Å². The summed E-state index contributed by atoms with van der Waals surface area (Å²) in [6.07, 6.45) is 5.24. The van der Waals surface area contributed by atoms with Crippen LogP contribution in [0.2, 0.25) is 0 Å². The number of aromatic nitrogens is 1. The molecule has 1 aliphatic carbocycles. The number of hydrogen-bond donors (Lipinski definition) is 2. The Morgan fingerprint density at radius 2 is 2.47 bits per heavy atom. The Labute approximate surface area is 95.1 Å². The first-order valence-corrected chi connectivity index (χ1v) is 6.59. The van der Waals surface area contributed by atoms with Crippen molar-refractivity contribution in [3.8, 4) is 0 Å². The molecule has 0 aliphatic heterocycles. The zero-order valence-electron chi connectivity index (χ0n) is 9.15. The molecule has 0 amide bonds. The molecule has 1 aromatic rings. The number of nitrogens with two attached hydrogens (primary N) is 1. The van der Waals surface area contributed by atoms with E-state index >= 15 is 0 Å². The zero-order chi connectivity index (χ0) is 10.7. The van der Waals surface area contributed by atoms with Gasteiger partial charge in [0.25, 0.3) is 0 Å².